The lowest BCUT2D eigenvalue weighted by atomic mass is 10.2. The fraction of sp³-hybridized carbons (Fsp3) is 0.476. The molecule has 10 heteroatoms. The van der Waals surface area contributed by atoms with E-state index in [9.17, 15) is 5.26 Å². The molecule has 0 saturated carbocycles. The van der Waals surface area contributed by atoms with E-state index in [0.717, 1.165) is 61.1 Å². The second-order valence-electron chi connectivity index (χ2n) is 7.59. The van der Waals surface area contributed by atoms with E-state index in [2.05, 4.69) is 36.2 Å². The molecule has 0 bridgehead atoms. The third-order valence-corrected chi connectivity index (χ3v) is 6.08. The number of aromatic nitrogens is 4. The van der Waals surface area contributed by atoms with Crippen molar-refractivity contribution in [3.63, 3.8) is 0 Å². The first kappa shape index (κ1) is 21.5. The molecule has 0 radical (unpaired) electrons. The van der Waals surface area contributed by atoms with E-state index in [4.69, 9.17) is 9.05 Å². The van der Waals surface area contributed by atoms with Gasteiger partial charge in [0.25, 0.3) is 5.89 Å². The smallest absolute Gasteiger partial charge is 0.263 e. The molecule has 3 aromatic rings. The quantitative estimate of drug-likeness (QED) is 0.532. The molecule has 162 valence electrons. The molecule has 31 heavy (non-hydrogen) atoms. The van der Waals surface area contributed by atoms with Gasteiger partial charge in [0.15, 0.2) is 5.82 Å². The number of nitriles is 1. The van der Waals surface area contributed by atoms with E-state index in [1.807, 2.05) is 32.2 Å². The van der Waals surface area contributed by atoms with Gasteiger partial charge >= 0.3 is 0 Å². The summed E-state index contributed by atoms with van der Waals surface area (Å²) >= 11 is 1.51. The van der Waals surface area contributed by atoms with Gasteiger partial charge in [-0.1, -0.05) is 10.3 Å². The first-order valence-electron chi connectivity index (χ1n) is 10.2. The van der Waals surface area contributed by atoms with Crippen LogP contribution in [0.4, 0.5) is 0 Å². The van der Waals surface area contributed by atoms with Crippen LogP contribution in [0.5, 0.6) is 0 Å². The molecule has 4 heterocycles. The Balaban J connectivity index is 1.35. The van der Waals surface area contributed by atoms with E-state index in [1.165, 1.54) is 11.8 Å². The molecule has 0 aliphatic carbocycles. The summed E-state index contributed by atoms with van der Waals surface area (Å²) in [5.41, 5.74) is 3.16. The Morgan fingerprint density at radius 3 is 2.48 bits per heavy atom. The monoisotopic (exact) mass is 439 g/mol. The van der Waals surface area contributed by atoms with Gasteiger partial charge in [-0.15, -0.1) is 11.8 Å². The average Bonchev–Trinajstić information content (AvgIpc) is 3.28. The number of hydrogen-bond donors (Lipinski definition) is 0. The maximum Gasteiger partial charge on any atom is 0.263 e. The van der Waals surface area contributed by atoms with Crippen molar-refractivity contribution in [2.45, 2.75) is 38.4 Å². The number of thioether (sulfide) groups is 1. The van der Waals surface area contributed by atoms with Crippen molar-refractivity contribution in [3.05, 3.63) is 40.7 Å². The van der Waals surface area contributed by atoms with E-state index >= 15 is 0 Å². The zero-order valence-electron chi connectivity index (χ0n) is 18.0. The number of pyridine rings is 1. The van der Waals surface area contributed by atoms with Crippen molar-refractivity contribution in [2.24, 2.45) is 0 Å². The van der Waals surface area contributed by atoms with Crippen LogP contribution < -0.4 is 0 Å². The van der Waals surface area contributed by atoms with Crippen LogP contribution in [0.15, 0.2) is 26.2 Å². The lowest BCUT2D eigenvalue weighted by molar-refractivity contribution is 0.240. The lowest BCUT2D eigenvalue weighted by Crippen LogP contribution is -2.30. The van der Waals surface area contributed by atoms with Crippen molar-refractivity contribution in [1.29, 1.82) is 5.26 Å². The molecule has 0 N–H and O–H groups in total. The van der Waals surface area contributed by atoms with Crippen molar-refractivity contribution in [3.8, 4) is 17.5 Å². The zero-order chi connectivity index (χ0) is 21.8. The fourth-order valence-corrected chi connectivity index (χ4v) is 4.33. The van der Waals surface area contributed by atoms with Gasteiger partial charge in [-0.05, 0) is 51.7 Å². The summed E-state index contributed by atoms with van der Waals surface area (Å²) in [6.07, 6.45) is 3.01. The SMILES string of the molecule is CSc1nc(CN2CCCN(Cc3noc(-c4c(C)noc4C)n3)CC2)ccc1C#N. The summed E-state index contributed by atoms with van der Waals surface area (Å²) in [7, 11) is 0. The van der Waals surface area contributed by atoms with Crippen LogP contribution in [0.3, 0.4) is 0 Å². The van der Waals surface area contributed by atoms with Crippen molar-refractivity contribution < 1.29 is 9.05 Å². The van der Waals surface area contributed by atoms with Gasteiger partial charge in [-0.25, -0.2) is 4.98 Å². The molecule has 3 aromatic heterocycles. The molecule has 0 unspecified atom stereocenters. The summed E-state index contributed by atoms with van der Waals surface area (Å²) in [6, 6.07) is 6.02. The van der Waals surface area contributed by atoms with Gasteiger partial charge in [-0.2, -0.15) is 10.2 Å². The normalized spacial score (nSPS) is 15.7. The number of hydrogen-bond acceptors (Lipinski definition) is 10. The first-order valence-corrected chi connectivity index (χ1v) is 11.4. The molecule has 1 aliphatic rings. The van der Waals surface area contributed by atoms with Crippen molar-refractivity contribution in [1.82, 2.24) is 30.1 Å². The highest BCUT2D eigenvalue weighted by atomic mass is 32.2. The van der Waals surface area contributed by atoms with E-state index in [-0.39, 0.29) is 0 Å². The summed E-state index contributed by atoms with van der Waals surface area (Å²) in [5.74, 6) is 1.81. The maximum absolute atomic E-state index is 9.19. The van der Waals surface area contributed by atoms with Crippen molar-refractivity contribution in [2.75, 3.05) is 32.4 Å². The van der Waals surface area contributed by atoms with Gasteiger partial charge in [0, 0.05) is 19.6 Å². The zero-order valence-corrected chi connectivity index (χ0v) is 18.8. The largest absolute Gasteiger partial charge is 0.361 e. The minimum Gasteiger partial charge on any atom is -0.361 e. The van der Waals surface area contributed by atoms with Gasteiger partial charge < -0.3 is 9.05 Å². The van der Waals surface area contributed by atoms with Crippen molar-refractivity contribution >= 4 is 11.8 Å². The molecule has 0 atom stereocenters. The highest BCUT2D eigenvalue weighted by molar-refractivity contribution is 7.98. The lowest BCUT2D eigenvalue weighted by Gasteiger charge is -2.20. The predicted octanol–water partition coefficient (Wildman–Crippen LogP) is 3.04. The molecular formula is C21H25N7O2S. The molecular weight excluding hydrogens is 414 g/mol. The predicted molar refractivity (Wildman–Crippen MR) is 115 cm³/mol. The van der Waals surface area contributed by atoms with Crippen LogP contribution >= 0.6 is 11.8 Å². The Kier molecular flexibility index (Phi) is 6.65. The third kappa shape index (κ3) is 4.95. The fourth-order valence-electron chi connectivity index (χ4n) is 3.79. The van der Waals surface area contributed by atoms with Gasteiger partial charge in [0.1, 0.15) is 22.4 Å². The van der Waals surface area contributed by atoms with Gasteiger partial charge in [-0.3, -0.25) is 9.80 Å². The van der Waals surface area contributed by atoms with Crippen LogP contribution in [0.25, 0.3) is 11.5 Å². The number of nitrogens with zero attached hydrogens (tertiary/aromatic N) is 7. The molecule has 0 spiro atoms. The van der Waals surface area contributed by atoms with Crippen LogP contribution in [0, 0.1) is 25.2 Å². The highest BCUT2D eigenvalue weighted by Gasteiger charge is 2.21. The Labute approximate surface area is 185 Å². The second kappa shape index (κ2) is 9.60. The minimum atomic E-state index is 0.458. The molecule has 1 saturated heterocycles. The number of rotatable bonds is 6. The summed E-state index contributed by atoms with van der Waals surface area (Å²) < 4.78 is 10.7. The molecule has 4 rings (SSSR count). The molecule has 9 nitrogen and oxygen atoms in total. The highest BCUT2D eigenvalue weighted by Crippen LogP contribution is 2.25. The molecule has 0 aromatic carbocycles. The molecule has 1 aliphatic heterocycles. The average molecular weight is 440 g/mol. The van der Waals surface area contributed by atoms with E-state index in [0.29, 0.717) is 29.6 Å². The van der Waals surface area contributed by atoms with Gasteiger partial charge in [0.2, 0.25) is 0 Å². The maximum atomic E-state index is 9.19. The standard InChI is InChI=1S/C21H25N7O2S/c1-14-19(15(2)29-25-14)20-24-18(26-30-20)13-28-8-4-7-27(9-10-28)12-17-6-5-16(11-22)21(23-17)31-3/h5-6H,4,7-10,12-13H2,1-3H3. The second-order valence-corrected chi connectivity index (χ2v) is 8.39. The van der Waals surface area contributed by atoms with Gasteiger partial charge in [0.05, 0.1) is 23.5 Å². The Bertz CT molecular complexity index is 1070. The van der Waals surface area contributed by atoms with Crippen LogP contribution in [0.1, 0.15) is 35.0 Å². The van der Waals surface area contributed by atoms with Crippen LogP contribution in [-0.2, 0) is 13.1 Å². The topological polar surface area (TPSA) is 108 Å². The van der Waals surface area contributed by atoms with Crippen LogP contribution in [0.2, 0.25) is 0 Å². The minimum absolute atomic E-state index is 0.458. The molecule has 1 fully saturated rings. The Hall–Kier alpha value is -2.74. The van der Waals surface area contributed by atoms with E-state index < -0.39 is 0 Å². The summed E-state index contributed by atoms with van der Waals surface area (Å²) in [4.78, 5) is 14.0. The summed E-state index contributed by atoms with van der Waals surface area (Å²) in [6.45, 7) is 8.97. The third-order valence-electron chi connectivity index (χ3n) is 5.38. The van der Waals surface area contributed by atoms with E-state index in [1.54, 1.807) is 0 Å². The Morgan fingerprint density at radius 2 is 1.81 bits per heavy atom. The first-order chi connectivity index (χ1) is 15.1. The Morgan fingerprint density at radius 1 is 1.03 bits per heavy atom. The summed E-state index contributed by atoms with van der Waals surface area (Å²) in [5, 5.41) is 18.1. The number of aryl methyl sites for hydroxylation is 2. The molecule has 0 amide bonds. The van der Waals surface area contributed by atoms with Crippen LogP contribution in [-0.4, -0.2) is 62.5 Å².